The molecule has 5 nitrogen and oxygen atoms in total. The van der Waals surface area contributed by atoms with E-state index in [0.717, 1.165) is 25.9 Å². The van der Waals surface area contributed by atoms with Crippen LogP contribution in [0.25, 0.3) is 0 Å². The van der Waals surface area contributed by atoms with Crippen molar-refractivity contribution in [2.24, 2.45) is 0 Å². The van der Waals surface area contributed by atoms with Crippen molar-refractivity contribution < 1.29 is 13.2 Å². The molecule has 2 fully saturated rings. The van der Waals surface area contributed by atoms with Gasteiger partial charge in [0.2, 0.25) is 10.0 Å². The molecule has 100 valence electrons. The molecule has 0 aromatic heterocycles. The molecule has 0 bridgehead atoms. The van der Waals surface area contributed by atoms with Crippen molar-refractivity contribution >= 4 is 10.0 Å². The molecule has 2 rings (SSSR count). The molecule has 1 spiro atoms. The molecule has 2 saturated heterocycles. The number of morpholine rings is 1. The van der Waals surface area contributed by atoms with Gasteiger partial charge in [-0.1, -0.05) is 0 Å². The van der Waals surface area contributed by atoms with Crippen LogP contribution >= 0.6 is 0 Å². The van der Waals surface area contributed by atoms with E-state index in [1.165, 1.54) is 0 Å². The van der Waals surface area contributed by atoms with Gasteiger partial charge >= 0.3 is 0 Å². The zero-order chi connectivity index (χ0) is 12.5. The average Bonchev–Trinajstić information content (AvgIpc) is 2.30. The lowest BCUT2D eigenvalue weighted by Crippen LogP contribution is -2.58. The van der Waals surface area contributed by atoms with Crippen LogP contribution in [0.2, 0.25) is 0 Å². The number of hydrogen-bond donors (Lipinski definition) is 1. The van der Waals surface area contributed by atoms with Gasteiger partial charge in [-0.15, -0.1) is 0 Å². The number of nitrogens with zero attached hydrogens (tertiary/aromatic N) is 1. The van der Waals surface area contributed by atoms with Gasteiger partial charge in [0, 0.05) is 13.1 Å². The Labute approximate surface area is 104 Å². The molecule has 0 saturated carbocycles. The van der Waals surface area contributed by atoms with Crippen LogP contribution in [-0.2, 0) is 14.8 Å². The first-order chi connectivity index (χ1) is 7.96. The highest BCUT2D eigenvalue weighted by Gasteiger charge is 2.41. The normalized spacial score (nSPS) is 26.5. The molecule has 2 heterocycles. The number of piperidine rings is 1. The van der Waals surface area contributed by atoms with Crippen molar-refractivity contribution in [3.8, 4) is 0 Å². The third kappa shape index (κ3) is 2.65. The molecular formula is C11H22N2O3S. The van der Waals surface area contributed by atoms with E-state index in [1.54, 1.807) is 18.2 Å². The molecule has 2 aliphatic rings. The first-order valence-electron chi connectivity index (χ1n) is 6.30. The monoisotopic (exact) mass is 262 g/mol. The van der Waals surface area contributed by atoms with Gasteiger partial charge in [0.1, 0.15) is 0 Å². The van der Waals surface area contributed by atoms with E-state index in [9.17, 15) is 8.42 Å². The highest BCUT2D eigenvalue weighted by atomic mass is 32.2. The van der Waals surface area contributed by atoms with Crippen molar-refractivity contribution in [3.05, 3.63) is 0 Å². The first kappa shape index (κ1) is 13.3. The highest BCUT2D eigenvalue weighted by Crippen LogP contribution is 2.29. The smallest absolute Gasteiger partial charge is 0.216 e. The van der Waals surface area contributed by atoms with Crippen LogP contribution in [0.4, 0.5) is 0 Å². The van der Waals surface area contributed by atoms with Crippen molar-refractivity contribution in [3.63, 3.8) is 0 Å². The van der Waals surface area contributed by atoms with Gasteiger partial charge in [-0.2, -0.15) is 4.31 Å². The van der Waals surface area contributed by atoms with Crippen molar-refractivity contribution in [2.45, 2.75) is 37.5 Å². The van der Waals surface area contributed by atoms with Crippen LogP contribution in [0.3, 0.4) is 0 Å². The molecule has 0 amide bonds. The van der Waals surface area contributed by atoms with E-state index in [0.29, 0.717) is 19.7 Å². The predicted molar refractivity (Wildman–Crippen MR) is 66.4 cm³/mol. The minimum Gasteiger partial charge on any atom is -0.372 e. The van der Waals surface area contributed by atoms with Gasteiger partial charge in [-0.25, -0.2) is 8.42 Å². The summed E-state index contributed by atoms with van der Waals surface area (Å²) in [6.45, 7) is 6.84. The van der Waals surface area contributed by atoms with E-state index in [4.69, 9.17) is 4.74 Å². The summed E-state index contributed by atoms with van der Waals surface area (Å²) in [5.41, 5.74) is -0.245. The Kier molecular flexibility index (Phi) is 3.77. The fraction of sp³-hybridized carbons (Fsp3) is 1.00. The summed E-state index contributed by atoms with van der Waals surface area (Å²) in [4.78, 5) is 0. The van der Waals surface area contributed by atoms with Crippen LogP contribution in [-0.4, -0.2) is 56.4 Å². The van der Waals surface area contributed by atoms with Gasteiger partial charge in [-0.3, -0.25) is 0 Å². The van der Waals surface area contributed by atoms with Crippen LogP contribution in [0, 0.1) is 0 Å². The second-order valence-corrected chi connectivity index (χ2v) is 7.70. The maximum absolute atomic E-state index is 12.2. The van der Waals surface area contributed by atoms with E-state index in [2.05, 4.69) is 5.32 Å². The Morgan fingerprint density at radius 3 is 2.53 bits per heavy atom. The lowest BCUT2D eigenvalue weighted by Gasteiger charge is -2.44. The zero-order valence-electron chi connectivity index (χ0n) is 10.6. The molecule has 6 heteroatoms. The van der Waals surface area contributed by atoms with Gasteiger partial charge in [0.05, 0.1) is 17.5 Å². The fourth-order valence-corrected chi connectivity index (χ4v) is 3.85. The number of ether oxygens (including phenoxy) is 1. The fourth-order valence-electron chi connectivity index (χ4n) is 2.51. The van der Waals surface area contributed by atoms with Crippen LogP contribution < -0.4 is 5.32 Å². The third-order valence-electron chi connectivity index (χ3n) is 3.68. The quantitative estimate of drug-likeness (QED) is 0.771. The first-order valence-corrected chi connectivity index (χ1v) is 7.80. The number of hydrogen-bond acceptors (Lipinski definition) is 4. The molecule has 1 N–H and O–H groups in total. The Bertz CT molecular complexity index is 355. The van der Waals surface area contributed by atoms with Crippen molar-refractivity contribution in [1.82, 2.24) is 9.62 Å². The lowest BCUT2D eigenvalue weighted by atomic mass is 9.91. The van der Waals surface area contributed by atoms with Crippen molar-refractivity contribution in [1.29, 1.82) is 0 Å². The molecule has 0 aromatic carbocycles. The minimum absolute atomic E-state index is 0.245. The molecule has 2 aliphatic heterocycles. The number of sulfonamides is 1. The van der Waals surface area contributed by atoms with Crippen LogP contribution in [0.5, 0.6) is 0 Å². The summed E-state index contributed by atoms with van der Waals surface area (Å²) >= 11 is 0. The topological polar surface area (TPSA) is 58.6 Å². The Balaban J connectivity index is 2.12. The maximum Gasteiger partial charge on any atom is 0.216 e. The Morgan fingerprint density at radius 1 is 1.29 bits per heavy atom. The summed E-state index contributed by atoms with van der Waals surface area (Å²) in [7, 11) is -3.14. The highest BCUT2D eigenvalue weighted by molar-refractivity contribution is 7.89. The molecule has 0 atom stereocenters. The largest absolute Gasteiger partial charge is 0.372 e. The number of nitrogens with one attached hydrogen (secondary N) is 1. The number of rotatable bonds is 2. The van der Waals surface area contributed by atoms with E-state index in [-0.39, 0.29) is 10.9 Å². The van der Waals surface area contributed by atoms with Gasteiger partial charge < -0.3 is 10.1 Å². The minimum atomic E-state index is -3.14. The molecular weight excluding hydrogens is 240 g/mol. The van der Waals surface area contributed by atoms with E-state index < -0.39 is 10.0 Å². The van der Waals surface area contributed by atoms with Gasteiger partial charge in [0.15, 0.2) is 0 Å². The Morgan fingerprint density at radius 2 is 1.94 bits per heavy atom. The second kappa shape index (κ2) is 4.84. The summed E-state index contributed by atoms with van der Waals surface area (Å²) in [6, 6.07) is 0. The summed E-state index contributed by atoms with van der Waals surface area (Å²) in [6.07, 6.45) is 1.80. The predicted octanol–water partition coefficient (Wildman–Crippen LogP) is 0.179. The zero-order valence-corrected chi connectivity index (χ0v) is 11.4. The summed E-state index contributed by atoms with van der Waals surface area (Å²) in [5.74, 6) is 0. The maximum atomic E-state index is 12.2. The van der Waals surface area contributed by atoms with Gasteiger partial charge in [-0.05, 0) is 39.8 Å². The van der Waals surface area contributed by atoms with E-state index in [1.807, 2.05) is 0 Å². The van der Waals surface area contributed by atoms with Gasteiger partial charge in [0.25, 0.3) is 0 Å². The van der Waals surface area contributed by atoms with Crippen LogP contribution in [0.15, 0.2) is 0 Å². The second-order valence-electron chi connectivity index (χ2n) is 5.21. The van der Waals surface area contributed by atoms with E-state index >= 15 is 0 Å². The van der Waals surface area contributed by atoms with Crippen molar-refractivity contribution in [2.75, 3.05) is 32.8 Å². The molecule has 0 aromatic rings. The molecule has 0 radical (unpaired) electrons. The lowest BCUT2D eigenvalue weighted by molar-refractivity contribution is -0.105. The molecule has 0 unspecified atom stereocenters. The average molecular weight is 262 g/mol. The summed E-state index contributed by atoms with van der Waals surface area (Å²) < 4.78 is 31.8. The SMILES string of the molecule is CC(C)S(=O)(=O)N1CCOC2(CCNCC2)C1. The summed E-state index contributed by atoms with van der Waals surface area (Å²) in [5, 5.41) is 2.94. The molecule has 17 heavy (non-hydrogen) atoms. The third-order valence-corrected chi connectivity index (χ3v) is 5.91. The molecule has 0 aliphatic carbocycles. The Hall–Kier alpha value is -0.170. The standard InChI is InChI=1S/C11H22N2O3S/c1-10(2)17(14,15)13-7-8-16-11(9-13)3-5-12-6-4-11/h10,12H,3-9H2,1-2H3. The van der Waals surface area contributed by atoms with Crippen LogP contribution in [0.1, 0.15) is 26.7 Å².